The van der Waals surface area contributed by atoms with Crippen LogP contribution in [0, 0.1) is 12.7 Å². The van der Waals surface area contributed by atoms with Gasteiger partial charge in [-0.2, -0.15) is 0 Å². The Morgan fingerprint density at radius 3 is 2.43 bits per heavy atom. The van der Waals surface area contributed by atoms with Crippen LogP contribution in [-0.4, -0.2) is 19.3 Å². The third-order valence-corrected chi connectivity index (χ3v) is 6.47. The molecule has 1 heterocycles. The summed E-state index contributed by atoms with van der Waals surface area (Å²) in [6.07, 6.45) is 1.45. The van der Waals surface area contributed by atoms with Crippen molar-refractivity contribution < 1.29 is 22.3 Å². The summed E-state index contributed by atoms with van der Waals surface area (Å²) in [6, 6.07) is 22.5. The Bertz CT molecular complexity index is 1440. The zero-order valence-electron chi connectivity index (χ0n) is 18.7. The lowest BCUT2D eigenvalue weighted by molar-refractivity contribution is 0.102. The monoisotopic (exact) mass is 491 g/mol. The van der Waals surface area contributed by atoms with Crippen LogP contribution in [-0.2, 0) is 16.6 Å². The van der Waals surface area contributed by atoms with Gasteiger partial charge >= 0.3 is 0 Å². The number of carbonyl (C=O) groups excluding carboxylic acids is 1. The predicted molar refractivity (Wildman–Crippen MR) is 131 cm³/mol. The summed E-state index contributed by atoms with van der Waals surface area (Å²) in [5.41, 5.74) is 1.97. The predicted octanol–water partition coefficient (Wildman–Crippen LogP) is 5.16. The average molecular weight is 492 g/mol. The molecule has 4 rings (SSSR count). The number of nitrogens with zero attached hydrogens (tertiary/aromatic N) is 1. The SMILES string of the molecule is Cc1ccc(S(=O)(=O)Nc2ccccc2F)cc1C(=O)Nc1ccc(OCc2ccccc2)nc1. The number of para-hydroxylation sites is 1. The van der Waals surface area contributed by atoms with Crippen molar-refractivity contribution in [1.29, 1.82) is 0 Å². The molecule has 0 saturated heterocycles. The number of amides is 1. The summed E-state index contributed by atoms with van der Waals surface area (Å²) < 4.78 is 47.3. The maximum Gasteiger partial charge on any atom is 0.262 e. The van der Waals surface area contributed by atoms with Crippen LogP contribution in [0.1, 0.15) is 21.5 Å². The minimum absolute atomic E-state index is 0.158. The van der Waals surface area contributed by atoms with Crippen LogP contribution >= 0.6 is 0 Å². The smallest absolute Gasteiger partial charge is 0.262 e. The maximum atomic E-state index is 13.9. The molecule has 9 heteroatoms. The fraction of sp³-hybridized carbons (Fsp3) is 0.0769. The quantitative estimate of drug-likeness (QED) is 0.355. The average Bonchev–Trinajstić information content (AvgIpc) is 2.85. The summed E-state index contributed by atoms with van der Waals surface area (Å²) >= 11 is 0. The van der Waals surface area contributed by atoms with Crippen molar-refractivity contribution in [2.75, 3.05) is 10.0 Å². The van der Waals surface area contributed by atoms with Gasteiger partial charge in [0.2, 0.25) is 5.88 Å². The summed E-state index contributed by atoms with van der Waals surface area (Å²) in [6.45, 7) is 2.05. The molecule has 178 valence electrons. The second-order valence-corrected chi connectivity index (χ2v) is 9.36. The number of halogens is 1. The van der Waals surface area contributed by atoms with E-state index in [1.165, 1.54) is 42.6 Å². The molecular formula is C26H22FN3O4S. The molecule has 4 aromatic rings. The molecule has 35 heavy (non-hydrogen) atoms. The number of pyridine rings is 1. The fourth-order valence-electron chi connectivity index (χ4n) is 3.23. The van der Waals surface area contributed by atoms with Crippen LogP contribution in [0.25, 0.3) is 0 Å². The van der Waals surface area contributed by atoms with Crippen molar-refractivity contribution in [3.8, 4) is 5.88 Å². The first-order valence-corrected chi connectivity index (χ1v) is 12.1. The normalized spacial score (nSPS) is 11.0. The summed E-state index contributed by atoms with van der Waals surface area (Å²) in [5, 5.41) is 2.71. The van der Waals surface area contributed by atoms with Gasteiger partial charge in [0.05, 0.1) is 22.5 Å². The Kier molecular flexibility index (Phi) is 7.07. The molecule has 0 spiro atoms. The number of benzene rings is 3. The summed E-state index contributed by atoms with van der Waals surface area (Å²) in [4.78, 5) is 16.9. The zero-order chi connectivity index (χ0) is 24.8. The second-order valence-electron chi connectivity index (χ2n) is 7.68. The number of sulfonamides is 1. The first-order valence-electron chi connectivity index (χ1n) is 10.6. The van der Waals surface area contributed by atoms with Crippen molar-refractivity contribution in [3.05, 3.63) is 114 Å². The first-order chi connectivity index (χ1) is 16.8. The van der Waals surface area contributed by atoms with Gasteiger partial charge in [-0.05, 0) is 48.4 Å². The highest BCUT2D eigenvalue weighted by Gasteiger charge is 2.19. The van der Waals surface area contributed by atoms with Gasteiger partial charge in [-0.15, -0.1) is 0 Å². The zero-order valence-corrected chi connectivity index (χ0v) is 19.6. The van der Waals surface area contributed by atoms with E-state index in [9.17, 15) is 17.6 Å². The highest BCUT2D eigenvalue weighted by atomic mass is 32.2. The van der Waals surface area contributed by atoms with Gasteiger partial charge in [0.1, 0.15) is 12.4 Å². The Morgan fingerprint density at radius 2 is 1.71 bits per heavy atom. The van der Waals surface area contributed by atoms with Gasteiger partial charge in [0.15, 0.2) is 0 Å². The third kappa shape index (κ3) is 6.01. The highest BCUT2D eigenvalue weighted by molar-refractivity contribution is 7.92. The van der Waals surface area contributed by atoms with Gasteiger partial charge in [-0.3, -0.25) is 9.52 Å². The van der Waals surface area contributed by atoms with Crippen LogP contribution in [0.15, 0.2) is 96.0 Å². The number of anilines is 2. The van der Waals surface area contributed by atoms with Crippen molar-refractivity contribution in [2.24, 2.45) is 0 Å². The molecule has 7 nitrogen and oxygen atoms in total. The number of aryl methyl sites for hydroxylation is 1. The fourth-order valence-corrected chi connectivity index (χ4v) is 4.32. The van der Waals surface area contributed by atoms with E-state index in [0.717, 1.165) is 11.6 Å². The van der Waals surface area contributed by atoms with E-state index in [4.69, 9.17) is 4.74 Å². The molecule has 2 N–H and O–H groups in total. The number of ether oxygens (including phenoxy) is 1. The van der Waals surface area contributed by atoms with Crippen molar-refractivity contribution in [3.63, 3.8) is 0 Å². The molecule has 0 aliphatic heterocycles. The van der Waals surface area contributed by atoms with E-state index in [2.05, 4.69) is 15.0 Å². The Morgan fingerprint density at radius 1 is 0.971 bits per heavy atom. The van der Waals surface area contributed by atoms with E-state index in [1.54, 1.807) is 19.1 Å². The maximum absolute atomic E-state index is 13.9. The van der Waals surface area contributed by atoms with Crippen LogP contribution in [0.4, 0.5) is 15.8 Å². The summed E-state index contributed by atoms with van der Waals surface area (Å²) in [7, 11) is -4.12. The molecular weight excluding hydrogens is 469 g/mol. The Hall–Kier alpha value is -4.24. The molecule has 0 radical (unpaired) electrons. The van der Waals surface area contributed by atoms with E-state index in [1.807, 2.05) is 30.3 Å². The number of nitrogens with one attached hydrogen (secondary N) is 2. The highest BCUT2D eigenvalue weighted by Crippen LogP contribution is 2.22. The number of rotatable bonds is 8. The lowest BCUT2D eigenvalue weighted by Crippen LogP contribution is -2.17. The number of aromatic nitrogens is 1. The Labute approximate surface area is 202 Å². The largest absolute Gasteiger partial charge is 0.473 e. The van der Waals surface area contributed by atoms with Crippen molar-refractivity contribution in [1.82, 2.24) is 4.98 Å². The lowest BCUT2D eigenvalue weighted by Gasteiger charge is -2.12. The molecule has 1 aromatic heterocycles. The van der Waals surface area contributed by atoms with Crippen LogP contribution in [0.3, 0.4) is 0 Å². The van der Waals surface area contributed by atoms with Gasteiger partial charge in [0.25, 0.3) is 15.9 Å². The van der Waals surface area contributed by atoms with E-state index < -0.39 is 21.7 Å². The van der Waals surface area contributed by atoms with Gasteiger partial charge in [-0.1, -0.05) is 48.5 Å². The van der Waals surface area contributed by atoms with Crippen molar-refractivity contribution in [2.45, 2.75) is 18.4 Å². The standard InChI is InChI=1S/C26H22FN3O4S/c1-18-11-13-21(35(32,33)30-24-10-6-5-9-23(24)27)15-22(18)26(31)29-20-12-14-25(28-16-20)34-17-19-7-3-2-4-8-19/h2-16,30H,17H2,1H3,(H,29,31). The van der Waals surface area contributed by atoms with Crippen molar-refractivity contribution >= 4 is 27.3 Å². The molecule has 3 aromatic carbocycles. The molecule has 0 saturated carbocycles. The Balaban J connectivity index is 1.46. The summed E-state index contributed by atoms with van der Waals surface area (Å²) in [5.74, 6) is -0.814. The molecule has 0 aliphatic carbocycles. The minimum atomic E-state index is -4.12. The molecule has 0 bridgehead atoms. The molecule has 1 amide bonds. The van der Waals surface area contributed by atoms with E-state index in [0.29, 0.717) is 23.7 Å². The minimum Gasteiger partial charge on any atom is -0.473 e. The number of hydrogen-bond acceptors (Lipinski definition) is 5. The van der Waals surface area contributed by atoms with E-state index in [-0.39, 0.29) is 16.1 Å². The number of carbonyl (C=O) groups is 1. The number of hydrogen-bond donors (Lipinski definition) is 2. The first kappa shape index (κ1) is 23.9. The van der Waals surface area contributed by atoms with Gasteiger partial charge < -0.3 is 10.1 Å². The lowest BCUT2D eigenvalue weighted by atomic mass is 10.1. The van der Waals surface area contributed by atoms with Gasteiger partial charge in [0, 0.05) is 11.6 Å². The van der Waals surface area contributed by atoms with Crippen LogP contribution in [0.5, 0.6) is 5.88 Å². The third-order valence-electron chi connectivity index (χ3n) is 5.11. The molecule has 0 aliphatic rings. The van der Waals surface area contributed by atoms with E-state index >= 15 is 0 Å². The topological polar surface area (TPSA) is 97.4 Å². The van der Waals surface area contributed by atoms with Crippen LogP contribution < -0.4 is 14.8 Å². The molecule has 0 fully saturated rings. The molecule has 0 unspecified atom stereocenters. The second kappa shape index (κ2) is 10.4. The van der Waals surface area contributed by atoms with Crippen LogP contribution in [0.2, 0.25) is 0 Å². The van der Waals surface area contributed by atoms with Gasteiger partial charge in [-0.25, -0.2) is 17.8 Å². The molecule has 0 atom stereocenters.